The lowest BCUT2D eigenvalue weighted by atomic mass is 9.32. The molecule has 0 spiro atoms. The van der Waals surface area contributed by atoms with Gasteiger partial charge in [0.1, 0.15) is 0 Å². The molecule has 0 unspecified atom stereocenters. The van der Waals surface area contributed by atoms with Gasteiger partial charge in [0.25, 0.3) is 0 Å². The van der Waals surface area contributed by atoms with Gasteiger partial charge in [-0.2, -0.15) is 10.5 Å². The lowest BCUT2D eigenvalue weighted by Gasteiger charge is -2.41. The van der Waals surface area contributed by atoms with Crippen LogP contribution in [0.5, 0.6) is 0 Å². The second-order valence-electron chi connectivity index (χ2n) is 12.7. The molecule has 218 valence electrons. The van der Waals surface area contributed by atoms with E-state index in [0.717, 1.165) is 39.3 Å². The van der Waals surface area contributed by atoms with E-state index in [0.29, 0.717) is 11.1 Å². The van der Waals surface area contributed by atoms with Crippen molar-refractivity contribution in [2.75, 3.05) is 4.90 Å². The van der Waals surface area contributed by atoms with E-state index in [9.17, 15) is 10.5 Å². The van der Waals surface area contributed by atoms with Crippen molar-refractivity contribution in [1.82, 2.24) is 0 Å². The summed E-state index contributed by atoms with van der Waals surface area (Å²) in [7, 11) is 0. The van der Waals surface area contributed by atoms with E-state index in [1.807, 2.05) is 24.3 Å². The van der Waals surface area contributed by atoms with Gasteiger partial charge < -0.3 is 4.90 Å². The van der Waals surface area contributed by atoms with Crippen molar-refractivity contribution in [2.45, 2.75) is 0 Å². The first kappa shape index (κ1) is 26.6. The molecule has 0 bridgehead atoms. The van der Waals surface area contributed by atoms with Gasteiger partial charge in [0.15, 0.2) is 0 Å². The first-order chi connectivity index (χ1) is 23.7. The lowest BCUT2D eigenvalue weighted by molar-refractivity contribution is 1.30. The third kappa shape index (κ3) is 3.69. The van der Waals surface area contributed by atoms with E-state index in [1.165, 1.54) is 48.7 Å². The van der Waals surface area contributed by atoms with Gasteiger partial charge in [-0.1, -0.05) is 109 Å². The van der Waals surface area contributed by atoms with E-state index in [2.05, 4.69) is 138 Å². The van der Waals surface area contributed by atoms with Crippen LogP contribution in [-0.2, 0) is 0 Å². The molecule has 8 aromatic rings. The van der Waals surface area contributed by atoms with Gasteiger partial charge in [-0.05, 0) is 108 Å². The van der Waals surface area contributed by atoms with Crippen LogP contribution in [-0.4, -0.2) is 6.71 Å². The zero-order valence-electron chi connectivity index (χ0n) is 25.8. The van der Waals surface area contributed by atoms with E-state index in [4.69, 9.17) is 0 Å². The van der Waals surface area contributed by atoms with Gasteiger partial charge in [0, 0.05) is 17.1 Å². The maximum absolute atomic E-state index is 10.4. The molecule has 0 radical (unpaired) electrons. The number of hydrogen-bond donors (Lipinski definition) is 0. The second-order valence-corrected chi connectivity index (χ2v) is 12.7. The highest BCUT2D eigenvalue weighted by Crippen LogP contribution is 2.44. The van der Waals surface area contributed by atoms with Crippen molar-refractivity contribution in [1.29, 1.82) is 10.5 Å². The van der Waals surface area contributed by atoms with Gasteiger partial charge in [-0.25, -0.2) is 0 Å². The molecule has 0 atom stereocenters. The van der Waals surface area contributed by atoms with Gasteiger partial charge >= 0.3 is 0 Å². The molecule has 0 amide bonds. The summed E-state index contributed by atoms with van der Waals surface area (Å²) < 4.78 is 0. The molecule has 0 aromatic heterocycles. The maximum Gasteiger partial charge on any atom is 0.248 e. The van der Waals surface area contributed by atoms with Crippen LogP contribution in [0.2, 0.25) is 0 Å². The molecule has 48 heavy (non-hydrogen) atoms. The Morgan fingerprint density at radius 3 is 1.98 bits per heavy atom. The van der Waals surface area contributed by atoms with Crippen LogP contribution in [0.25, 0.3) is 54.6 Å². The Labute approximate surface area is 278 Å². The van der Waals surface area contributed by atoms with Crippen LogP contribution in [0.15, 0.2) is 146 Å². The molecular formula is C44H24BN3. The minimum atomic E-state index is -0.0218. The first-order valence-electron chi connectivity index (χ1n) is 16.2. The minimum absolute atomic E-state index is 0.0218. The molecule has 8 aromatic carbocycles. The summed E-state index contributed by atoms with van der Waals surface area (Å²) in [5.74, 6) is 0. The molecule has 0 fully saturated rings. The zero-order chi connectivity index (χ0) is 31.9. The van der Waals surface area contributed by atoms with Gasteiger partial charge in [-0.15, -0.1) is 0 Å². The molecule has 0 aliphatic carbocycles. The summed E-state index contributed by atoms with van der Waals surface area (Å²) in [6.45, 7) is -0.0218. The van der Waals surface area contributed by atoms with Crippen LogP contribution >= 0.6 is 0 Å². The first-order valence-corrected chi connectivity index (χ1v) is 16.2. The SMILES string of the molecule is N#Cc1ccc(-c2ccc3c4c(cccc24)-c2cc(C#N)cc4c2B3c2cc3ccccc3cc2N4c2ccc3ccccc3c2)cc1. The highest BCUT2D eigenvalue weighted by atomic mass is 15.2. The Balaban J connectivity index is 1.32. The van der Waals surface area contributed by atoms with Crippen molar-refractivity contribution in [2.24, 2.45) is 0 Å². The molecule has 0 N–H and O–H groups in total. The molecule has 2 aliphatic rings. The van der Waals surface area contributed by atoms with Crippen molar-refractivity contribution < 1.29 is 0 Å². The van der Waals surface area contributed by atoms with E-state index in [-0.39, 0.29) is 6.71 Å². The third-order valence-electron chi connectivity index (χ3n) is 10.3. The van der Waals surface area contributed by atoms with E-state index >= 15 is 0 Å². The Bertz CT molecular complexity index is 2770. The summed E-state index contributed by atoms with van der Waals surface area (Å²) in [5.41, 5.74) is 12.7. The number of fused-ring (bicyclic) bond motifs is 6. The average Bonchev–Trinajstić information content (AvgIpc) is 3.15. The molecule has 3 nitrogen and oxygen atoms in total. The summed E-state index contributed by atoms with van der Waals surface area (Å²) >= 11 is 0. The Morgan fingerprint density at radius 2 is 1.21 bits per heavy atom. The monoisotopic (exact) mass is 605 g/mol. The predicted molar refractivity (Wildman–Crippen MR) is 199 cm³/mol. The third-order valence-corrected chi connectivity index (χ3v) is 10.3. The van der Waals surface area contributed by atoms with Crippen LogP contribution in [0.3, 0.4) is 0 Å². The quantitative estimate of drug-likeness (QED) is 0.185. The number of nitriles is 2. The normalized spacial score (nSPS) is 12.5. The number of rotatable bonds is 2. The highest BCUT2D eigenvalue weighted by Gasteiger charge is 2.41. The summed E-state index contributed by atoms with van der Waals surface area (Å²) in [6, 6.07) is 56.3. The van der Waals surface area contributed by atoms with Crippen molar-refractivity contribution in [3.63, 3.8) is 0 Å². The maximum atomic E-state index is 10.4. The van der Waals surface area contributed by atoms with E-state index in [1.54, 1.807) is 0 Å². The molecular weight excluding hydrogens is 581 g/mol. The molecule has 4 heteroatoms. The smallest absolute Gasteiger partial charge is 0.248 e. The van der Waals surface area contributed by atoms with Gasteiger partial charge in [-0.3, -0.25) is 0 Å². The second kappa shape index (κ2) is 9.94. The fraction of sp³-hybridized carbons (Fsp3) is 0. The summed E-state index contributed by atoms with van der Waals surface area (Å²) in [6.07, 6.45) is 0. The summed E-state index contributed by atoms with van der Waals surface area (Å²) in [5, 5.41) is 27.0. The number of anilines is 3. The fourth-order valence-corrected chi connectivity index (χ4v) is 8.16. The Hall–Kier alpha value is -6.62. The highest BCUT2D eigenvalue weighted by molar-refractivity contribution is 7.01. The van der Waals surface area contributed by atoms with Crippen LogP contribution < -0.4 is 21.3 Å². The Morgan fingerprint density at radius 1 is 0.479 bits per heavy atom. The van der Waals surface area contributed by atoms with Crippen molar-refractivity contribution in [3.05, 3.63) is 157 Å². The van der Waals surface area contributed by atoms with Gasteiger partial charge in [0.2, 0.25) is 6.71 Å². The van der Waals surface area contributed by atoms with Crippen LogP contribution in [0.4, 0.5) is 17.1 Å². The zero-order valence-corrected chi connectivity index (χ0v) is 25.8. The van der Waals surface area contributed by atoms with Crippen LogP contribution in [0, 0.1) is 22.7 Å². The molecule has 10 rings (SSSR count). The summed E-state index contributed by atoms with van der Waals surface area (Å²) in [4.78, 5) is 2.38. The number of nitrogens with zero attached hydrogens (tertiary/aromatic N) is 3. The largest absolute Gasteiger partial charge is 0.311 e. The van der Waals surface area contributed by atoms with E-state index < -0.39 is 0 Å². The molecule has 2 aliphatic heterocycles. The molecule has 2 heterocycles. The topological polar surface area (TPSA) is 50.8 Å². The standard InChI is InChI=1S/C44H24BN3/c46-25-27-12-14-30(15-13-27)35-18-19-39-43-36(35)10-5-11-37(43)38-20-28(26-47)21-42-44(38)45(39)40-23-32-8-3-4-9-33(32)24-41(40)48(42)34-17-16-29-6-1-2-7-31(29)22-34/h1-24H. The lowest BCUT2D eigenvalue weighted by Crippen LogP contribution is -2.59. The predicted octanol–water partition coefficient (Wildman–Crippen LogP) is 8.84. The number of benzene rings is 8. The van der Waals surface area contributed by atoms with Gasteiger partial charge in [0.05, 0.1) is 23.3 Å². The minimum Gasteiger partial charge on any atom is -0.311 e. The van der Waals surface area contributed by atoms with Crippen molar-refractivity contribution >= 4 is 72.5 Å². The van der Waals surface area contributed by atoms with Crippen LogP contribution in [0.1, 0.15) is 11.1 Å². The molecule has 0 saturated heterocycles. The Kier molecular flexibility index (Phi) is 5.51. The van der Waals surface area contributed by atoms with Crippen molar-refractivity contribution in [3.8, 4) is 34.4 Å². The fourth-order valence-electron chi connectivity index (χ4n) is 8.16. The average molecular weight is 606 g/mol. The molecule has 0 saturated carbocycles. The number of hydrogen-bond acceptors (Lipinski definition) is 3.